The molecule has 0 saturated heterocycles. The highest BCUT2D eigenvalue weighted by atomic mass is 16.5. The summed E-state index contributed by atoms with van der Waals surface area (Å²) in [4.78, 5) is 27.6. The summed E-state index contributed by atoms with van der Waals surface area (Å²) in [5, 5.41) is 13.5. The first kappa shape index (κ1) is 19.0. The first-order valence-electron chi connectivity index (χ1n) is 8.89. The number of aromatic nitrogens is 1. The van der Waals surface area contributed by atoms with Gasteiger partial charge in [-0.25, -0.2) is 0 Å². The van der Waals surface area contributed by atoms with Gasteiger partial charge in [-0.05, 0) is 25.0 Å². The lowest BCUT2D eigenvalue weighted by Crippen LogP contribution is -2.50. The van der Waals surface area contributed by atoms with Crippen LogP contribution in [0.3, 0.4) is 0 Å². The van der Waals surface area contributed by atoms with Crippen LogP contribution in [0.25, 0.3) is 10.9 Å². The number of rotatable bonds is 6. The number of carboxylic acids is 1. The van der Waals surface area contributed by atoms with E-state index >= 15 is 0 Å². The number of carboxylic acid groups (broad SMARTS) is 1. The molecule has 0 bridgehead atoms. The van der Waals surface area contributed by atoms with Crippen molar-refractivity contribution in [3.8, 4) is 11.5 Å². The fourth-order valence-electron chi connectivity index (χ4n) is 3.83. The number of methoxy groups -OCH3 is 2. The quantitative estimate of drug-likeness (QED) is 0.664. The van der Waals surface area contributed by atoms with E-state index in [0.717, 1.165) is 16.5 Å². The second kappa shape index (κ2) is 7.48. The Morgan fingerprint density at radius 2 is 1.81 bits per heavy atom. The first-order chi connectivity index (χ1) is 13.0. The molecular formula is C19H24N2O6. The molecule has 1 aliphatic heterocycles. The molecule has 3 N–H and O–H groups in total. The molecule has 0 radical (unpaired) electrons. The van der Waals surface area contributed by atoms with Crippen LogP contribution in [-0.2, 0) is 14.3 Å². The Labute approximate surface area is 156 Å². The molecule has 3 atom stereocenters. The number of aliphatic carboxylic acids is 1. The molecular weight excluding hydrogens is 352 g/mol. The van der Waals surface area contributed by atoms with Crippen LogP contribution in [0.2, 0.25) is 0 Å². The lowest BCUT2D eigenvalue weighted by atomic mass is 9.81. The Bertz CT molecular complexity index is 875. The first-order valence-corrected chi connectivity index (χ1v) is 8.89. The minimum absolute atomic E-state index is 0.233. The predicted molar refractivity (Wildman–Crippen MR) is 98.4 cm³/mol. The molecule has 1 aliphatic rings. The molecule has 8 heteroatoms. The number of nitrogens with one attached hydrogen (secondary N) is 2. The lowest BCUT2D eigenvalue weighted by Gasteiger charge is -2.34. The van der Waals surface area contributed by atoms with Crippen LogP contribution in [0.15, 0.2) is 12.1 Å². The summed E-state index contributed by atoms with van der Waals surface area (Å²) in [6.07, 6.45) is 0.636. The second-order valence-electron chi connectivity index (χ2n) is 6.39. The van der Waals surface area contributed by atoms with E-state index in [2.05, 4.69) is 10.3 Å². The van der Waals surface area contributed by atoms with Gasteiger partial charge in [-0.1, -0.05) is 6.92 Å². The molecule has 27 heavy (non-hydrogen) atoms. The minimum Gasteiger partial charge on any atom is -0.493 e. The average molecular weight is 376 g/mol. The maximum absolute atomic E-state index is 12.5. The van der Waals surface area contributed by atoms with Crippen molar-refractivity contribution >= 4 is 22.8 Å². The summed E-state index contributed by atoms with van der Waals surface area (Å²) in [6, 6.07) is 1.81. The van der Waals surface area contributed by atoms with Gasteiger partial charge in [-0.2, -0.15) is 0 Å². The van der Waals surface area contributed by atoms with Crippen molar-refractivity contribution in [1.29, 1.82) is 0 Å². The predicted octanol–water partition coefficient (Wildman–Crippen LogP) is 2.34. The van der Waals surface area contributed by atoms with Gasteiger partial charge in [0.2, 0.25) is 0 Å². The number of fused-ring (bicyclic) bond motifs is 3. The van der Waals surface area contributed by atoms with Gasteiger partial charge in [0.15, 0.2) is 11.5 Å². The normalized spacial score (nSPS) is 21.6. The van der Waals surface area contributed by atoms with E-state index in [1.165, 1.54) is 0 Å². The van der Waals surface area contributed by atoms with E-state index < -0.39 is 24.0 Å². The van der Waals surface area contributed by atoms with Crippen molar-refractivity contribution < 1.29 is 28.9 Å². The molecule has 0 aliphatic carbocycles. The van der Waals surface area contributed by atoms with E-state index in [9.17, 15) is 14.7 Å². The topological polar surface area (TPSA) is 110 Å². The molecule has 2 heterocycles. The van der Waals surface area contributed by atoms with E-state index in [0.29, 0.717) is 23.6 Å². The molecule has 0 amide bonds. The molecule has 0 fully saturated rings. The van der Waals surface area contributed by atoms with Gasteiger partial charge in [-0.3, -0.25) is 14.9 Å². The van der Waals surface area contributed by atoms with E-state index in [1.807, 2.05) is 13.0 Å². The van der Waals surface area contributed by atoms with Crippen LogP contribution >= 0.6 is 0 Å². The van der Waals surface area contributed by atoms with Gasteiger partial charge in [0.05, 0.1) is 20.8 Å². The Morgan fingerprint density at radius 1 is 1.15 bits per heavy atom. The number of carbonyl (C=O) groups is 2. The fraction of sp³-hybridized carbons (Fsp3) is 0.474. The number of ether oxygens (including phenoxy) is 3. The van der Waals surface area contributed by atoms with Gasteiger partial charge in [0.25, 0.3) is 0 Å². The molecule has 3 unspecified atom stereocenters. The zero-order valence-corrected chi connectivity index (χ0v) is 15.8. The highest BCUT2D eigenvalue weighted by Gasteiger charge is 2.43. The van der Waals surface area contributed by atoms with Gasteiger partial charge < -0.3 is 24.3 Å². The highest BCUT2D eigenvalue weighted by Crippen LogP contribution is 2.43. The SMILES string of the molecule is CCOC(=O)C1NC(C(=O)O)c2[nH]c3cc(OC)c(OC)cc3c2C1CC. The van der Waals surface area contributed by atoms with Crippen molar-refractivity contribution in [2.45, 2.75) is 38.3 Å². The fourth-order valence-corrected chi connectivity index (χ4v) is 3.83. The van der Waals surface area contributed by atoms with E-state index in [4.69, 9.17) is 14.2 Å². The molecule has 2 aromatic rings. The van der Waals surface area contributed by atoms with Crippen molar-refractivity contribution in [3.05, 3.63) is 23.4 Å². The zero-order valence-electron chi connectivity index (χ0n) is 15.8. The number of esters is 1. The summed E-state index contributed by atoms with van der Waals surface area (Å²) in [7, 11) is 3.09. The third-order valence-corrected chi connectivity index (χ3v) is 5.01. The molecule has 8 nitrogen and oxygen atoms in total. The number of hydrogen-bond donors (Lipinski definition) is 3. The highest BCUT2D eigenvalue weighted by molar-refractivity contribution is 5.93. The van der Waals surface area contributed by atoms with Crippen molar-refractivity contribution in [3.63, 3.8) is 0 Å². The van der Waals surface area contributed by atoms with Crippen molar-refractivity contribution in [2.24, 2.45) is 0 Å². The zero-order chi connectivity index (χ0) is 19.7. The van der Waals surface area contributed by atoms with Crippen LogP contribution in [0.4, 0.5) is 0 Å². The molecule has 0 spiro atoms. The maximum Gasteiger partial charge on any atom is 0.326 e. The van der Waals surface area contributed by atoms with Gasteiger partial charge >= 0.3 is 11.9 Å². The molecule has 0 saturated carbocycles. The third kappa shape index (κ3) is 3.10. The Kier molecular flexibility index (Phi) is 5.27. The van der Waals surface area contributed by atoms with Gasteiger partial charge in [-0.15, -0.1) is 0 Å². The Hall–Kier alpha value is -2.74. The van der Waals surface area contributed by atoms with Crippen LogP contribution in [-0.4, -0.2) is 48.9 Å². The summed E-state index contributed by atoms with van der Waals surface area (Å²) < 4.78 is 15.9. The second-order valence-corrected chi connectivity index (χ2v) is 6.39. The van der Waals surface area contributed by atoms with Gasteiger partial charge in [0, 0.05) is 28.6 Å². The number of benzene rings is 1. The number of H-pyrrole nitrogens is 1. The smallest absolute Gasteiger partial charge is 0.326 e. The average Bonchev–Trinajstić information content (AvgIpc) is 3.03. The Balaban J connectivity index is 2.24. The summed E-state index contributed by atoms with van der Waals surface area (Å²) >= 11 is 0. The molecule has 146 valence electrons. The summed E-state index contributed by atoms with van der Waals surface area (Å²) in [5.41, 5.74) is 2.08. The number of hydrogen-bond acceptors (Lipinski definition) is 6. The summed E-state index contributed by atoms with van der Waals surface area (Å²) in [5.74, 6) is -0.665. The van der Waals surface area contributed by atoms with Crippen LogP contribution in [0.5, 0.6) is 11.5 Å². The Morgan fingerprint density at radius 3 is 2.37 bits per heavy atom. The standard InChI is InChI=1S/C19H24N2O6/c1-5-9-14-10-7-12(25-3)13(26-4)8-11(10)20-16(14)17(18(22)23)21-15(9)19(24)27-6-2/h7-9,15,17,20-21H,5-6H2,1-4H3,(H,22,23). The number of aromatic amines is 1. The largest absolute Gasteiger partial charge is 0.493 e. The van der Waals surface area contributed by atoms with Gasteiger partial charge in [0.1, 0.15) is 12.1 Å². The van der Waals surface area contributed by atoms with Crippen LogP contribution in [0, 0.1) is 0 Å². The monoisotopic (exact) mass is 376 g/mol. The third-order valence-electron chi connectivity index (χ3n) is 5.01. The van der Waals surface area contributed by atoms with E-state index in [-0.39, 0.29) is 12.5 Å². The lowest BCUT2D eigenvalue weighted by molar-refractivity contribution is -0.148. The van der Waals surface area contributed by atoms with Crippen LogP contribution < -0.4 is 14.8 Å². The minimum atomic E-state index is -1.06. The maximum atomic E-state index is 12.5. The molecule has 1 aromatic heterocycles. The van der Waals surface area contributed by atoms with Crippen molar-refractivity contribution in [1.82, 2.24) is 10.3 Å². The van der Waals surface area contributed by atoms with Crippen LogP contribution in [0.1, 0.15) is 43.5 Å². The van der Waals surface area contributed by atoms with Crippen molar-refractivity contribution in [2.75, 3.05) is 20.8 Å². The number of carbonyl (C=O) groups excluding carboxylic acids is 1. The summed E-state index contributed by atoms with van der Waals surface area (Å²) in [6.45, 7) is 3.92. The molecule has 1 aromatic carbocycles. The van der Waals surface area contributed by atoms with E-state index in [1.54, 1.807) is 27.2 Å². The molecule has 3 rings (SSSR count).